The van der Waals surface area contributed by atoms with E-state index in [1.54, 1.807) is 0 Å². The fourth-order valence-corrected chi connectivity index (χ4v) is 1.04. The Morgan fingerprint density at radius 1 is 1.36 bits per heavy atom. The Labute approximate surface area is 85.6 Å². The number of ether oxygens (including phenoxy) is 1. The molecule has 0 aliphatic carbocycles. The maximum absolute atomic E-state index is 11.1. The lowest BCUT2D eigenvalue weighted by atomic mass is 10.2. The predicted molar refractivity (Wildman–Crippen MR) is 55.1 cm³/mol. The van der Waals surface area contributed by atoms with Gasteiger partial charge in [-0.1, -0.05) is 0 Å². The standard InChI is InChI=1S/C10H21NO3/c1-2-14-9-6-10(13)11-7-4-3-5-8-12/h12H,2-9H2,1H3,(H,11,13). The third kappa shape index (κ3) is 9.48. The molecule has 0 saturated heterocycles. The Balaban J connectivity index is 3.10. The highest BCUT2D eigenvalue weighted by Crippen LogP contribution is 1.92. The van der Waals surface area contributed by atoms with Crippen molar-refractivity contribution in [3.05, 3.63) is 0 Å². The van der Waals surface area contributed by atoms with Gasteiger partial charge in [0.15, 0.2) is 0 Å². The molecule has 4 nitrogen and oxygen atoms in total. The van der Waals surface area contributed by atoms with Crippen LogP contribution in [0.2, 0.25) is 0 Å². The molecule has 0 rings (SSSR count). The lowest BCUT2D eigenvalue weighted by molar-refractivity contribution is -0.122. The monoisotopic (exact) mass is 203 g/mol. The van der Waals surface area contributed by atoms with Crippen LogP contribution in [-0.4, -0.2) is 37.4 Å². The Morgan fingerprint density at radius 2 is 2.14 bits per heavy atom. The van der Waals surface area contributed by atoms with E-state index in [-0.39, 0.29) is 12.5 Å². The van der Waals surface area contributed by atoms with Crippen LogP contribution in [0.3, 0.4) is 0 Å². The molecular weight excluding hydrogens is 182 g/mol. The Kier molecular flexibility index (Phi) is 10.0. The summed E-state index contributed by atoms with van der Waals surface area (Å²) in [5.74, 6) is 0.0439. The highest BCUT2D eigenvalue weighted by atomic mass is 16.5. The molecular formula is C10H21NO3. The molecule has 14 heavy (non-hydrogen) atoms. The van der Waals surface area contributed by atoms with Crippen molar-refractivity contribution in [3.63, 3.8) is 0 Å². The van der Waals surface area contributed by atoms with Crippen LogP contribution in [0.15, 0.2) is 0 Å². The molecule has 0 bridgehead atoms. The Bertz CT molecular complexity index is 139. The summed E-state index contributed by atoms with van der Waals surface area (Å²) in [6, 6.07) is 0. The molecule has 1 amide bonds. The molecule has 2 N–H and O–H groups in total. The Hall–Kier alpha value is -0.610. The third-order valence-corrected chi connectivity index (χ3v) is 1.83. The molecule has 0 spiro atoms. The zero-order valence-corrected chi connectivity index (χ0v) is 8.92. The van der Waals surface area contributed by atoms with E-state index in [0.29, 0.717) is 26.2 Å². The highest BCUT2D eigenvalue weighted by Gasteiger charge is 1.99. The molecule has 0 fully saturated rings. The number of amides is 1. The van der Waals surface area contributed by atoms with Crippen LogP contribution < -0.4 is 5.32 Å². The number of carbonyl (C=O) groups excluding carboxylic acids is 1. The van der Waals surface area contributed by atoms with Crippen LogP contribution in [0.5, 0.6) is 0 Å². The second-order valence-electron chi connectivity index (χ2n) is 3.08. The smallest absolute Gasteiger partial charge is 0.222 e. The molecule has 0 aromatic carbocycles. The molecule has 0 atom stereocenters. The minimum atomic E-state index is 0.0439. The molecule has 0 saturated carbocycles. The Morgan fingerprint density at radius 3 is 2.79 bits per heavy atom. The van der Waals surface area contributed by atoms with Crippen LogP contribution >= 0.6 is 0 Å². The van der Waals surface area contributed by atoms with E-state index in [2.05, 4.69) is 5.32 Å². The maximum Gasteiger partial charge on any atom is 0.222 e. The molecule has 0 aliphatic heterocycles. The van der Waals surface area contributed by atoms with E-state index < -0.39 is 0 Å². The van der Waals surface area contributed by atoms with E-state index >= 15 is 0 Å². The molecule has 0 radical (unpaired) electrons. The lowest BCUT2D eigenvalue weighted by Crippen LogP contribution is -2.25. The lowest BCUT2D eigenvalue weighted by Gasteiger charge is -2.04. The first-order valence-electron chi connectivity index (χ1n) is 5.26. The first-order valence-corrected chi connectivity index (χ1v) is 5.26. The molecule has 84 valence electrons. The molecule has 0 aromatic rings. The van der Waals surface area contributed by atoms with Gasteiger partial charge in [0.2, 0.25) is 5.91 Å². The van der Waals surface area contributed by atoms with E-state index in [4.69, 9.17) is 9.84 Å². The normalized spacial score (nSPS) is 10.1. The minimum absolute atomic E-state index is 0.0439. The third-order valence-electron chi connectivity index (χ3n) is 1.83. The van der Waals surface area contributed by atoms with Crippen molar-refractivity contribution in [2.75, 3.05) is 26.4 Å². The maximum atomic E-state index is 11.1. The first-order chi connectivity index (χ1) is 6.81. The molecule has 4 heteroatoms. The van der Waals surface area contributed by atoms with Gasteiger partial charge in [-0.3, -0.25) is 4.79 Å². The summed E-state index contributed by atoms with van der Waals surface area (Å²) in [6.45, 7) is 4.00. The van der Waals surface area contributed by atoms with Gasteiger partial charge in [-0.25, -0.2) is 0 Å². The molecule has 0 unspecified atom stereocenters. The van der Waals surface area contributed by atoms with E-state index in [0.717, 1.165) is 19.3 Å². The van der Waals surface area contributed by atoms with Crippen molar-refractivity contribution in [2.24, 2.45) is 0 Å². The van der Waals surface area contributed by atoms with E-state index in [1.807, 2.05) is 6.92 Å². The van der Waals surface area contributed by atoms with Crippen molar-refractivity contribution in [3.8, 4) is 0 Å². The fraction of sp³-hybridized carbons (Fsp3) is 0.900. The first kappa shape index (κ1) is 13.4. The second kappa shape index (κ2) is 10.5. The quantitative estimate of drug-likeness (QED) is 0.542. The second-order valence-corrected chi connectivity index (χ2v) is 3.08. The summed E-state index contributed by atoms with van der Waals surface area (Å²) in [5.41, 5.74) is 0. The number of carbonyl (C=O) groups is 1. The highest BCUT2D eigenvalue weighted by molar-refractivity contribution is 5.75. The number of nitrogens with one attached hydrogen (secondary N) is 1. The van der Waals surface area contributed by atoms with Gasteiger partial charge < -0.3 is 15.2 Å². The zero-order chi connectivity index (χ0) is 10.6. The number of aliphatic hydroxyl groups is 1. The van der Waals surface area contributed by atoms with Gasteiger partial charge in [0.1, 0.15) is 0 Å². The molecule has 0 aliphatic rings. The van der Waals surface area contributed by atoms with Crippen LogP contribution in [0.25, 0.3) is 0 Å². The molecule has 0 heterocycles. The van der Waals surface area contributed by atoms with Crippen molar-refractivity contribution in [1.29, 1.82) is 0 Å². The topological polar surface area (TPSA) is 58.6 Å². The van der Waals surface area contributed by atoms with Gasteiger partial charge >= 0.3 is 0 Å². The summed E-state index contributed by atoms with van der Waals surface area (Å²) >= 11 is 0. The zero-order valence-electron chi connectivity index (χ0n) is 8.92. The number of hydrogen-bond acceptors (Lipinski definition) is 3. The number of unbranched alkanes of at least 4 members (excludes halogenated alkanes) is 2. The summed E-state index contributed by atoms with van der Waals surface area (Å²) in [4.78, 5) is 11.1. The molecule has 0 aromatic heterocycles. The minimum Gasteiger partial charge on any atom is -0.396 e. The van der Waals surface area contributed by atoms with Crippen molar-refractivity contribution in [1.82, 2.24) is 5.32 Å². The van der Waals surface area contributed by atoms with Gasteiger partial charge in [0.25, 0.3) is 0 Å². The number of aliphatic hydroxyl groups excluding tert-OH is 1. The number of hydrogen-bond donors (Lipinski definition) is 2. The van der Waals surface area contributed by atoms with Gasteiger partial charge in [-0.05, 0) is 26.2 Å². The van der Waals surface area contributed by atoms with Crippen LogP contribution in [0.4, 0.5) is 0 Å². The van der Waals surface area contributed by atoms with E-state index in [1.165, 1.54) is 0 Å². The van der Waals surface area contributed by atoms with Crippen LogP contribution in [0, 0.1) is 0 Å². The van der Waals surface area contributed by atoms with Gasteiger partial charge in [0, 0.05) is 26.2 Å². The summed E-state index contributed by atoms with van der Waals surface area (Å²) in [5, 5.41) is 11.3. The average molecular weight is 203 g/mol. The van der Waals surface area contributed by atoms with Gasteiger partial charge in [-0.15, -0.1) is 0 Å². The predicted octanol–water partition coefficient (Wildman–Crippen LogP) is 0.692. The van der Waals surface area contributed by atoms with Gasteiger partial charge in [0.05, 0.1) is 6.61 Å². The van der Waals surface area contributed by atoms with Crippen LogP contribution in [0.1, 0.15) is 32.6 Å². The SMILES string of the molecule is CCOCCC(=O)NCCCCCO. The summed E-state index contributed by atoms with van der Waals surface area (Å²) < 4.78 is 5.06. The number of rotatable bonds is 9. The fourth-order valence-electron chi connectivity index (χ4n) is 1.04. The van der Waals surface area contributed by atoms with Gasteiger partial charge in [-0.2, -0.15) is 0 Å². The average Bonchev–Trinajstić information content (AvgIpc) is 2.18. The summed E-state index contributed by atoms with van der Waals surface area (Å²) in [6.07, 6.45) is 3.14. The van der Waals surface area contributed by atoms with Crippen molar-refractivity contribution in [2.45, 2.75) is 32.6 Å². The van der Waals surface area contributed by atoms with E-state index in [9.17, 15) is 4.79 Å². The van der Waals surface area contributed by atoms with Crippen molar-refractivity contribution >= 4 is 5.91 Å². The van der Waals surface area contributed by atoms with Crippen molar-refractivity contribution < 1.29 is 14.6 Å². The van der Waals surface area contributed by atoms with Crippen LogP contribution in [-0.2, 0) is 9.53 Å². The summed E-state index contributed by atoms with van der Waals surface area (Å²) in [7, 11) is 0. The largest absolute Gasteiger partial charge is 0.396 e.